The molecule has 0 aliphatic carbocycles. The Labute approximate surface area is 126 Å². The minimum absolute atomic E-state index is 0.282. The Bertz CT molecular complexity index is 538. The van der Waals surface area contributed by atoms with Crippen LogP contribution in [-0.2, 0) is 22.3 Å². The largest absolute Gasteiger partial charge is 0.488 e. The van der Waals surface area contributed by atoms with E-state index in [1.54, 1.807) is 0 Å². The molecule has 6 atom stereocenters. The van der Waals surface area contributed by atoms with Crippen molar-refractivity contribution in [3.05, 3.63) is 0 Å². The summed E-state index contributed by atoms with van der Waals surface area (Å²) in [4.78, 5) is 35.1. The lowest BCUT2D eigenvalue weighted by molar-refractivity contribution is 0.0360. The van der Waals surface area contributed by atoms with Crippen LogP contribution < -0.4 is 5.32 Å². The van der Waals surface area contributed by atoms with Gasteiger partial charge in [0, 0.05) is 6.04 Å². The second kappa shape index (κ2) is 7.10. The van der Waals surface area contributed by atoms with Gasteiger partial charge in [0.2, 0.25) is 0 Å². The predicted molar refractivity (Wildman–Crippen MR) is 71.8 cm³/mol. The van der Waals surface area contributed by atoms with Crippen LogP contribution >= 0.6 is 23.2 Å². The monoisotopic (exact) mass is 381 g/mol. The zero-order valence-corrected chi connectivity index (χ0v) is 13.6. The number of aliphatic hydroxyl groups excluding tert-OH is 2. The van der Waals surface area contributed by atoms with E-state index >= 15 is 0 Å². The average molecular weight is 381 g/mol. The summed E-state index contributed by atoms with van der Waals surface area (Å²) in [5.41, 5.74) is 0. The first-order valence-electron chi connectivity index (χ1n) is 5.73. The normalized spacial score (nSPS) is 35.0. The van der Waals surface area contributed by atoms with Crippen LogP contribution in [0.5, 0.6) is 0 Å². The van der Waals surface area contributed by atoms with Gasteiger partial charge >= 0.3 is 23.2 Å². The first kappa shape index (κ1) is 20.4. The summed E-state index contributed by atoms with van der Waals surface area (Å²) in [6, 6.07) is -0.880. The molecular formula is C6H15BNO11P3. The van der Waals surface area contributed by atoms with E-state index in [2.05, 4.69) is 13.9 Å². The molecule has 0 bridgehead atoms. The fraction of sp³-hybridized carbons (Fsp3) is 1.00. The maximum absolute atomic E-state index is 11.6. The third kappa shape index (κ3) is 6.49. The van der Waals surface area contributed by atoms with Crippen molar-refractivity contribution in [2.75, 3.05) is 6.16 Å². The molecule has 7 N–H and O–H groups in total. The van der Waals surface area contributed by atoms with E-state index in [1.165, 1.54) is 0 Å². The number of aliphatic hydroxyl groups is 2. The second-order valence-electron chi connectivity index (χ2n) is 4.55. The van der Waals surface area contributed by atoms with Crippen molar-refractivity contribution in [1.29, 1.82) is 0 Å². The van der Waals surface area contributed by atoms with E-state index in [0.717, 1.165) is 0 Å². The van der Waals surface area contributed by atoms with E-state index in [4.69, 9.17) is 22.5 Å². The highest BCUT2D eigenvalue weighted by Gasteiger charge is 2.42. The Kier molecular flexibility index (Phi) is 6.60. The Balaban J connectivity index is 2.60. The van der Waals surface area contributed by atoms with Gasteiger partial charge in [-0.15, -0.1) is 0 Å². The van der Waals surface area contributed by atoms with Gasteiger partial charge in [0.05, 0.1) is 26.2 Å². The first-order chi connectivity index (χ1) is 9.72. The SMILES string of the molecule is [B][C@@H]1N[C@H](CCP(=O)(O)OP(=O)(O)OP(=O)(O)O)[C@@H](O)[C@H]1O. The fourth-order valence-electron chi connectivity index (χ4n) is 1.80. The van der Waals surface area contributed by atoms with E-state index in [-0.39, 0.29) is 6.42 Å². The van der Waals surface area contributed by atoms with Gasteiger partial charge in [-0.05, 0) is 12.4 Å². The Morgan fingerprint density at radius 1 is 1.00 bits per heavy atom. The van der Waals surface area contributed by atoms with Crippen LogP contribution in [0.4, 0.5) is 0 Å². The third-order valence-corrected chi connectivity index (χ3v) is 7.05. The molecule has 1 aliphatic heterocycles. The van der Waals surface area contributed by atoms with E-state index < -0.39 is 53.6 Å². The molecule has 22 heavy (non-hydrogen) atoms. The number of phosphoric acid groups is 2. The van der Waals surface area contributed by atoms with Gasteiger partial charge in [0.25, 0.3) is 0 Å². The van der Waals surface area contributed by atoms with E-state index in [1.807, 2.05) is 0 Å². The maximum Gasteiger partial charge on any atom is 0.488 e. The Morgan fingerprint density at radius 2 is 1.55 bits per heavy atom. The zero-order valence-electron chi connectivity index (χ0n) is 10.9. The molecule has 0 aromatic carbocycles. The summed E-state index contributed by atoms with van der Waals surface area (Å²) in [5, 5.41) is 21.5. The standard InChI is InChI=1S/C6H15BNO11P3/c7-6-5(10)4(9)3(8-6)1-2-20(11,12)18-22(16,17)19-21(13,14)15/h3-6,8-10H,1-2H2,(H,11,12)(H,16,17)(H2,13,14,15)/t3-,4-,5-,6-/m1/s1. The molecule has 1 saturated heterocycles. The molecule has 16 heteroatoms. The van der Waals surface area contributed by atoms with Gasteiger partial charge in [0.1, 0.15) is 0 Å². The molecule has 1 heterocycles. The topological polar surface area (TPSA) is 203 Å². The lowest BCUT2D eigenvalue weighted by Crippen LogP contribution is -2.34. The molecule has 2 unspecified atom stereocenters. The quantitative estimate of drug-likeness (QED) is 0.189. The van der Waals surface area contributed by atoms with Crippen LogP contribution in [0.2, 0.25) is 0 Å². The molecular weight excluding hydrogens is 366 g/mol. The Morgan fingerprint density at radius 3 is 1.95 bits per heavy atom. The van der Waals surface area contributed by atoms with Crippen LogP contribution in [0.1, 0.15) is 6.42 Å². The van der Waals surface area contributed by atoms with Crippen LogP contribution in [-0.4, -0.2) is 68.0 Å². The van der Waals surface area contributed by atoms with Gasteiger partial charge in [0.15, 0.2) is 0 Å². The van der Waals surface area contributed by atoms with Gasteiger partial charge < -0.3 is 35.1 Å². The van der Waals surface area contributed by atoms with Crippen molar-refractivity contribution < 1.29 is 52.1 Å². The summed E-state index contributed by atoms with van der Waals surface area (Å²) >= 11 is 0. The highest BCUT2D eigenvalue weighted by atomic mass is 31.3. The van der Waals surface area contributed by atoms with Crippen LogP contribution in [0.25, 0.3) is 0 Å². The summed E-state index contributed by atoms with van der Waals surface area (Å²) in [6.45, 7) is 0. The van der Waals surface area contributed by atoms with Crippen LogP contribution in [0.3, 0.4) is 0 Å². The van der Waals surface area contributed by atoms with Gasteiger partial charge in [-0.1, -0.05) is 0 Å². The van der Waals surface area contributed by atoms with Crippen molar-refractivity contribution in [3.8, 4) is 0 Å². The van der Waals surface area contributed by atoms with Crippen molar-refractivity contribution in [3.63, 3.8) is 0 Å². The van der Waals surface area contributed by atoms with Gasteiger partial charge in [-0.2, -0.15) is 4.31 Å². The molecule has 0 aromatic rings. The fourth-order valence-corrected chi connectivity index (χ4v) is 5.49. The van der Waals surface area contributed by atoms with Crippen molar-refractivity contribution >= 4 is 31.1 Å². The summed E-state index contributed by atoms with van der Waals surface area (Å²) in [5.74, 6) is -0.957. The maximum atomic E-state index is 11.6. The van der Waals surface area contributed by atoms with E-state index in [0.29, 0.717) is 0 Å². The van der Waals surface area contributed by atoms with Crippen LogP contribution in [0.15, 0.2) is 0 Å². The minimum Gasteiger partial charge on any atom is -0.390 e. The molecule has 1 fully saturated rings. The molecule has 0 aromatic heterocycles. The molecule has 1 aliphatic rings. The predicted octanol–water partition coefficient (Wildman–Crippen LogP) is -2.02. The Hall–Kier alpha value is 0.395. The molecule has 1 rings (SSSR count). The smallest absolute Gasteiger partial charge is 0.390 e. The van der Waals surface area contributed by atoms with Crippen molar-refractivity contribution in [2.24, 2.45) is 0 Å². The lowest BCUT2D eigenvalue weighted by Gasteiger charge is -2.19. The highest BCUT2D eigenvalue weighted by Crippen LogP contribution is 2.66. The van der Waals surface area contributed by atoms with Gasteiger partial charge in [-0.3, -0.25) is 4.57 Å². The molecule has 128 valence electrons. The first-order valence-corrected chi connectivity index (χ1v) is 10.5. The molecule has 0 amide bonds. The van der Waals surface area contributed by atoms with E-state index in [9.17, 15) is 28.8 Å². The number of hydrogen-bond donors (Lipinski definition) is 7. The summed E-state index contributed by atoms with van der Waals surface area (Å²) < 4.78 is 40.4. The summed E-state index contributed by atoms with van der Waals surface area (Å²) in [7, 11) is -10.3. The number of nitrogens with one attached hydrogen (secondary N) is 1. The van der Waals surface area contributed by atoms with Crippen molar-refractivity contribution in [2.45, 2.75) is 30.6 Å². The average Bonchev–Trinajstić information content (AvgIpc) is 2.49. The van der Waals surface area contributed by atoms with Gasteiger partial charge in [-0.25, -0.2) is 13.4 Å². The second-order valence-corrected chi connectivity index (χ2v) is 9.50. The molecule has 12 nitrogen and oxygen atoms in total. The lowest BCUT2D eigenvalue weighted by atomic mass is 9.92. The molecule has 2 radical (unpaired) electrons. The third-order valence-electron chi connectivity index (χ3n) is 2.70. The van der Waals surface area contributed by atoms with Crippen molar-refractivity contribution in [1.82, 2.24) is 5.32 Å². The number of rotatable bonds is 7. The minimum atomic E-state index is -5.47. The van der Waals surface area contributed by atoms with Crippen LogP contribution in [0, 0.1) is 0 Å². The zero-order chi connectivity index (χ0) is 17.3. The molecule has 0 spiro atoms. The highest BCUT2D eigenvalue weighted by molar-refractivity contribution is 7.68. The summed E-state index contributed by atoms with van der Waals surface area (Å²) in [6.07, 6.45) is -3.68. The number of hydrogen-bond acceptors (Lipinski definition) is 8. The molecule has 0 saturated carbocycles.